The highest BCUT2D eigenvalue weighted by Crippen LogP contribution is 2.28. The second kappa shape index (κ2) is 7.55. The molecule has 2 N–H and O–H groups in total. The maximum Gasteiger partial charge on any atom is 0.335 e. The third-order valence-corrected chi connectivity index (χ3v) is 4.42. The minimum Gasteiger partial charge on any atom is -0.478 e. The van der Waals surface area contributed by atoms with Crippen LogP contribution in [-0.4, -0.2) is 17.1 Å². The van der Waals surface area contributed by atoms with Gasteiger partial charge < -0.3 is 10.4 Å². The zero-order chi connectivity index (χ0) is 15.2. The van der Waals surface area contributed by atoms with Crippen molar-refractivity contribution in [3.8, 4) is 0 Å². The predicted molar refractivity (Wildman–Crippen MR) is 80.9 cm³/mol. The van der Waals surface area contributed by atoms with Crippen LogP contribution in [0.15, 0.2) is 18.2 Å². The van der Waals surface area contributed by atoms with Gasteiger partial charge >= 0.3 is 5.97 Å². The summed E-state index contributed by atoms with van der Waals surface area (Å²) in [5, 5.41) is 12.3. The van der Waals surface area contributed by atoms with Crippen LogP contribution in [0.25, 0.3) is 0 Å². The summed E-state index contributed by atoms with van der Waals surface area (Å²) in [6, 6.07) is 4.38. The van der Waals surface area contributed by atoms with E-state index in [-0.39, 0.29) is 11.4 Å². The van der Waals surface area contributed by atoms with Crippen molar-refractivity contribution in [2.45, 2.75) is 58.0 Å². The number of carboxylic acids is 1. The highest BCUT2D eigenvalue weighted by Gasteiger charge is 2.20. The Morgan fingerprint density at radius 3 is 2.67 bits per heavy atom. The van der Waals surface area contributed by atoms with E-state index in [1.54, 1.807) is 0 Å². The summed E-state index contributed by atoms with van der Waals surface area (Å²) in [5.41, 5.74) is 0.574. The monoisotopic (exact) mass is 293 g/mol. The van der Waals surface area contributed by atoms with E-state index < -0.39 is 5.97 Å². The SMILES string of the molecule is CCCC1CCC(NCc2cc(C(=O)O)ccc2F)CC1. The van der Waals surface area contributed by atoms with Gasteiger partial charge in [0.15, 0.2) is 0 Å². The fraction of sp³-hybridized carbons (Fsp3) is 0.588. The van der Waals surface area contributed by atoms with Gasteiger partial charge in [-0.1, -0.05) is 19.8 Å². The van der Waals surface area contributed by atoms with Gasteiger partial charge in [-0.2, -0.15) is 0 Å². The van der Waals surface area contributed by atoms with Crippen LogP contribution in [0.5, 0.6) is 0 Å². The van der Waals surface area contributed by atoms with Crippen molar-refractivity contribution >= 4 is 5.97 Å². The first-order chi connectivity index (χ1) is 10.1. The maximum absolute atomic E-state index is 13.7. The van der Waals surface area contributed by atoms with E-state index in [1.807, 2.05) is 0 Å². The number of carbonyl (C=O) groups is 1. The Bertz CT molecular complexity index is 482. The Kier molecular flexibility index (Phi) is 5.74. The van der Waals surface area contributed by atoms with E-state index in [4.69, 9.17) is 5.11 Å². The molecule has 0 atom stereocenters. The molecule has 0 unspecified atom stereocenters. The third kappa shape index (κ3) is 4.53. The fourth-order valence-corrected chi connectivity index (χ4v) is 3.16. The number of benzene rings is 1. The zero-order valence-electron chi connectivity index (χ0n) is 12.6. The molecule has 0 heterocycles. The van der Waals surface area contributed by atoms with Gasteiger partial charge in [-0.3, -0.25) is 0 Å². The van der Waals surface area contributed by atoms with Crippen LogP contribution in [0, 0.1) is 11.7 Å². The molecule has 3 nitrogen and oxygen atoms in total. The molecule has 0 spiro atoms. The van der Waals surface area contributed by atoms with Gasteiger partial charge in [-0.15, -0.1) is 0 Å². The Labute approximate surface area is 125 Å². The first-order valence-corrected chi connectivity index (χ1v) is 7.85. The van der Waals surface area contributed by atoms with Gasteiger partial charge in [0, 0.05) is 18.2 Å². The number of carboxylic acid groups (broad SMARTS) is 1. The molecule has 0 saturated heterocycles. The number of hydrogen-bond acceptors (Lipinski definition) is 2. The lowest BCUT2D eigenvalue weighted by Crippen LogP contribution is -2.33. The number of hydrogen-bond donors (Lipinski definition) is 2. The van der Waals surface area contributed by atoms with Crippen LogP contribution in [0.3, 0.4) is 0 Å². The van der Waals surface area contributed by atoms with E-state index in [0.717, 1.165) is 18.8 Å². The molecule has 0 aromatic heterocycles. The normalized spacial score (nSPS) is 22.2. The Morgan fingerprint density at radius 2 is 2.05 bits per heavy atom. The van der Waals surface area contributed by atoms with Crippen molar-refractivity contribution in [3.63, 3.8) is 0 Å². The Hall–Kier alpha value is -1.42. The molecular formula is C17H24FNO2. The van der Waals surface area contributed by atoms with Crippen molar-refractivity contribution in [1.82, 2.24) is 5.32 Å². The third-order valence-electron chi connectivity index (χ3n) is 4.42. The number of rotatable bonds is 6. The lowest BCUT2D eigenvalue weighted by molar-refractivity contribution is 0.0696. The summed E-state index contributed by atoms with van der Waals surface area (Å²) in [7, 11) is 0. The molecule has 1 fully saturated rings. The summed E-state index contributed by atoms with van der Waals surface area (Å²) < 4.78 is 13.7. The molecular weight excluding hydrogens is 269 g/mol. The smallest absolute Gasteiger partial charge is 0.335 e. The predicted octanol–water partition coefficient (Wildman–Crippen LogP) is 3.97. The first kappa shape index (κ1) is 16.0. The van der Waals surface area contributed by atoms with Crippen LogP contribution < -0.4 is 5.32 Å². The van der Waals surface area contributed by atoms with Crippen molar-refractivity contribution in [3.05, 3.63) is 35.1 Å². The molecule has 0 amide bonds. The number of halogens is 1. The van der Waals surface area contributed by atoms with Gasteiger partial charge in [0.25, 0.3) is 0 Å². The van der Waals surface area contributed by atoms with Gasteiger partial charge in [0.2, 0.25) is 0 Å². The molecule has 0 radical (unpaired) electrons. The van der Waals surface area contributed by atoms with Gasteiger partial charge in [-0.25, -0.2) is 9.18 Å². The van der Waals surface area contributed by atoms with Crippen LogP contribution in [-0.2, 0) is 6.54 Å². The van der Waals surface area contributed by atoms with Crippen LogP contribution in [0.2, 0.25) is 0 Å². The molecule has 1 aromatic carbocycles. The molecule has 1 aromatic rings. The largest absolute Gasteiger partial charge is 0.478 e. The summed E-state index contributed by atoms with van der Waals surface area (Å²) in [6.07, 6.45) is 7.29. The lowest BCUT2D eigenvalue weighted by Gasteiger charge is -2.29. The maximum atomic E-state index is 13.7. The Morgan fingerprint density at radius 1 is 1.33 bits per heavy atom. The van der Waals surface area contributed by atoms with E-state index in [2.05, 4.69) is 12.2 Å². The van der Waals surface area contributed by atoms with Crippen molar-refractivity contribution in [2.24, 2.45) is 5.92 Å². The van der Waals surface area contributed by atoms with Crippen molar-refractivity contribution < 1.29 is 14.3 Å². The van der Waals surface area contributed by atoms with Crippen LogP contribution >= 0.6 is 0 Å². The molecule has 4 heteroatoms. The van der Waals surface area contributed by atoms with Crippen molar-refractivity contribution in [2.75, 3.05) is 0 Å². The van der Waals surface area contributed by atoms with Crippen LogP contribution in [0.4, 0.5) is 4.39 Å². The highest BCUT2D eigenvalue weighted by atomic mass is 19.1. The van der Waals surface area contributed by atoms with Gasteiger partial charge in [0.1, 0.15) is 5.82 Å². The fourth-order valence-electron chi connectivity index (χ4n) is 3.16. The minimum atomic E-state index is -1.02. The summed E-state index contributed by atoms with van der Waals surface area (Å²) in [4.78, 5) is 10.9. The molecule has 2 rings (SSSR count). The number of aromatic carboxylic acids is 1. The second-order valence-corrected chi connectivity index (χ2v) is 6.00. The van der Waals surface area contributed by atoms with Crippen molar-refractivity contribution in [1.29, 1.82) is 0 Å². The lowest BCUT2D eigenvalue weighted by atomic mass is 9.83. The van der Waals surface area contributed by atoms with E-state index in [0.29, 0.717) is 18.2 Å². The summed E-state index contributed by atoms with van der Waals surface area (Å²) in [6.45, 7) is 2.62. The molecule has 1 aliphatic rings. The highest BCUT2D eigenvalue weighted by molar-refractivity contribution is 5.87. The molecule has 1 saturated carbocycles. The zero-order valence-corrected chi connectivity index (χ0v) is 12.6. The quantitative estimate of drug-likeness (QED) is 0.834. The second-order valence-electron chi connectivity index (χ2n) is 6.00. The van der Waals surface area contributed by atoms with E-state index >= 15 is 0 Å². The molecule has 0 aliphatic heterocycles. The Balaban J connectivity index is 1.86. The summed E-state index contributed by atoms with van der Waals surface area (Å²) in [5.74, 6) is -0.511. The van der Waals surface area contributed by atoms with Crippen LogP contribution in [0.1, 0.15) is 61.4 Å². The van der Waals surface area contributed by atoms with E-state index in [1.165, 1.54) is 43.9 Å². The van der Waals surface area contributed by atoms with E-state index in [9.17, 15) is 9.18 Å². The number of nitrogens with one attached hydrogen (secondary N) is 1. The standard InChI is InChI=1S/C17H24FNO2/c1-2-3-12-4-7-15(8-5-12)19-11-14-10-13(17(20)21)6-9-16(14)18/h6,9-10,12,15,19H,2-5,7-8,11H2,1H3,(H,20,21). The average molecular weight is 293 g/mol. The molecule has 1 aliphatic carbocycles. The van der Waals surface area contributed by atoms with Gasteiger partial charge in [0.05, 0.1) is 5.56 Å². The average Bonchev–Trinajstić information content (AvgIpc) is 2.48. The topological polar surface area (TPSA) is 49.3 Å². The summed E-state index contributed by atoms with van der Waals surface area (Å²) >= 11 is 0. The molecule has 116 valence electrons. The molecule has 21 heavy (non-hydrogen) atoms. The first-order valence-electron chi connectivity index (χ1n) is 7.85. The van der Waals surface area contributed by atoms with Gasteiger partial charge in [-0.05, 0) is 49.8 Å². The molecule has 0 bridgehead atoms. The minimum absolute atomic E-state index is 0.139.